The second kappa shape index (κ2) is 11.5. The number of aromatic nitrogens is 1. The Balaban J connectivity index is 1.12. The summed E-state index contributed by atoms with van der Waals surface area (Å²) >= 11 is 0. The molecule has 4 nitrogen and oxygen atoms in total. The van der Waals surface area contributed by atoms with Gasteiger partial charge in [0.05, 0.1) is 11.1 Å². The number of nitrogens with two attached hydrogens (primary N) is 2. The molecule has 0 amide bonds. The molecule has 4 N–H and O–H groups in total. The number of nitrogens with zero attached hydrogens (tertiary/aromatic N) is 2. The van der Waals surface area contributed by atoms with Crippen molar-refractivity contribution in [3.8, 4) is 0 Å². The van der Waals surface area contributed by atoms with Crippen molar-refractivity contribution in [1.82, 2.24) is 0 Å². The molecule has 0 bridgehead atoms. The Hall–Kier alpha value is -2.88. The first-order chi connectivity index (χ1) is 16.6. The van der Waals surface area contributed by atoms with Gasteiger partial charge >= 0.3 is 0 Å². The number of benzene rings is 1. The maximum absolute atomic E-state index is 6.26. The zero-order valence-electron chi connectivity index (χ0n) is 21.1. The topological polar surface area (TPSA) is 58.9 Å². The van der Waals surface area contributed by atoms with Crippen LogP contribution in [-0.2, 0) is 6.54 Å². The van der Waals surface area contributed by atoms with Crippen LogP contribution in [0.5, 0.6) is 0 Å². The summed E-state index contributed by atoms with van der Waals surface area (Å²) in [6.07, 6.45) is 20.3. The maximum atomic E-state index is 6.26. The number of para-hydroxylation sites is 1. The molecule has 1 aliphatic heterocycles. The molecule has 1 aliphatic carbocycles. The minimum atomic E-state index is 0.440. The van der Waals surface area contributed by atoms with Crippen LogP contribution < -0.4 is 16.0 Å². The van der Waals surface area contributed by atoms with Crippen LogP contribution in [0.4, 0.5) is 5.69 Å². The molecule has 2 aromatic rings. The van der Waals surface area contributed by atoms with Crippen molar-refractivity contribution in [1.29, 1.82) is 0 Å². The van der Waals surface area contributed by atoms with Gasteiger partial charge in [0, 0.05) is 62.6 Å². The van der Waals surface area contributed by atoms with Gasteiger partial charge in [-0.05, 0) is 18.9 Å². The number of pyridine rings is 1. The highest BCUT2D eigenvalue weighted by Gasteiger charge is 2.32. The van der Waals surface area contributed by atoms with Gasteiger partial charge in [-0.3, -0.25) is 0 Å². The van der Waals surface area contributed by atoms with E-state index in [-0.39, 0.29) is 0 Å². The molecule has 0 radical (unpaired) electrons. The van der Waals surface area contributed by atoms with E-state index in [2.05, 4.69) is 77.6 Å². The number of nitrogen functional groups attached to an aromatic ring is 1. The molecule has 2 aliphatic rings. The van der Waals surface area contributed by atoms with E-state index >= 15 is 0 Å². The standard InChI is InChI=1S/C30H40N4/c1-23-21-27(31)25-15-9-11-17-29(25)33(23)19-13-7-5-3-4-6-8-14-20-34-24(2)22-28(32)26-16-10-12-18-30(26)34/h9-12,15-17,21-22,30-32H,3-8,13-14,18-20H2,1-2H3/p+2. The van der Waals surface area contributed by atoms with Crippen molar-refractivity contribution in [2.75, 3.05) is 12.3 Å². The number of rotatable bonds is 11. The van der Waals surface area contributed by atoms with E-state index in [4.69, 9.17) is 11.5 Å². The normalized spacial score (nSPS) is 17.6. The van der Waals surface area contributed by atoms with Gasteiger partial charge in [-0.25, -0.2) is 4.58 Å². The average molecular weight is 459 g/mol. The Labute approximate surface area is 205 Å². The summed E-state index contributed by atoms with van der Waals surface area (Å²) < 4.78 is 4.99. The van der Waals surface area contributed by atoms with Gasteiger partial charge in [0.1, 0.15) is 13.1 Å². The lowest BCUT2D eigenvalue weighted by Gasteiger charge is -2.25. The lowest BCUT2D eigenvalue weighted by molar-refractivity contribution is -0.677. The molecule has 2 heterocycles. The Morgan fingerprint density at radius 2 is 1.56 bits per heavy atom. The SMILES string of the molecule is CC1=[N+](CCCCCCCCCC[n+]2c(C)cc(N)c3ccccc32)C2CC=CC=C2C(N)=C1. The van der Waals surface area contributed by atoms with E-state index in [9.17, 15) is 0 Å². The minimum Gasteiger partial charge on any atom is -0.398 e. The third-order valence-corrected chi connectivity index (χ3v) is 7.48. The Kier molecular flexibility index (Phi) is 8.21. The molecular formula is C30H42N4+2. The monoisotopic (exact) mass is 458 g/mol. The van der Waals surface area contributed by atoms with E-state index in [0.29, 0.717) is 6.04 Å². The zero-order chi connectivity index (χ0) is 23.9. The molecule has 0 saturated heterocycles. The number of fused-ring (bicyclic) bond motifs is 2. The predicted octanol–water partition coefficient (Wildman–Crippen LogP) is 5.72. The third-order valence-electron chi connectivity index (χ3n) is 7.48. The van der Waals surface area contributed by atoms with Crippen LogP contribution in [0.3, 0.4) is 0 Å². The summed E-state index contributed by atoms with van der Waals surface area (Å²) in [5.41, 5.74) is 19.4. The van der Waals surface area contributed by atoms with Crippen LogP contribution in [0.25, 0.3) is 10.9 Å². The van der Waals surface area contributed by atoms with Crippen molar-refractivity contribution in [2.45, 2.75) is 84.2 Å². The number of allylic oxidation sites excluding steroid dienone is 3. The van der Waals surface area contributed by atoms with Crippen LogP contribution >= 0.6 is 0 Å². The van der Waals surface area contributed by atoms with Gasteiger partial charge in [0.2, 0.25) is 5.52 Å². The summed E-state index contributed by atoms with van der Waals surface area (Å²) in [5.74, 6) is 0. The number of hydrogen-bond donors (Lipinski definition) is 2. The lowest BCUT2D eigenvalue weighted by atomic mass is 9.92. The fourth-order valence-electron chi connectivity index (χ4n) is 5.60. The van der Waals surface area contributed by atoms with Gasteiger partial charge in [-0.2, -0.15) is 4.57 Å². The molecule has 1 atom stereocenters. The highest BCUT2D eigenvalue weighted by molar-refractivity contribution is 5.91. The van der Waals surface area contributed by atoms with Crippen molar-refractivity contribution >= 4 is 22.3 Å². The van der Waals surface area contributed by atoms with Crippen molar-refractivity contribution in [3.05, 3.63) is 71.6 Å². The summed E-state index contributed by atoms with van der Waals surface area (Å²) in [7, 11) is 0. The van der Waals surface area contributed by atoms with E-state index in [1.807, 2.05) is 0 Å². The largest absolute Gasteiger partial charge is 0.398 e. The Morgan fingerprint density at radius 1 is 0.882 bits per heavy atom. The third kappa shape index (κ3) is 5.60. The van der Waals surface area contributed by atoms with Gasteiger partial charge in [-0.1, -0.05) is 56.0 Å². The van der Waals surface area contributed by atoms with Gasteiger partial charge in [0.15, 0.2) is 17.4 Å². The van der Waals surface area contributed by atoms with Gasteiger partial charge < -0.3 is 11.5 Å². The van der Waals surface area contributed by atoms with Crippen LogP contribution in [0.1, 0.15) is 70.4 Å². The minimum absolute atomic E-state index is 0.440. The summed E-state index contributed by atoms with van der Waals surface area (Å²) in [5, 5.41) is 1.16. The number of unbranched alkanes of at least 4 members (excludes halogenated alkanes) is 7. The van der Waals surface area contributed by atoms with E-state index in [0.717, 1.165) is 36.3 Å². The first kappa shape index (κ1) is 24.3. The molecular weight excluding hydrogens is 416 g/mol. The second-order valence-corrected chi connectivity index (χ2v) is 9.97. The Morgan fingerprint density at radius 3 is 2.32 bits per heavy atom. The van der Waals surface area contributed by atoms with Crippen molar-refractivity contribution < 1.29 is 9.14 Å². The number of hydrogen-bond acceptors (Lipinski definition) is 2. The highest BCUT2D eigenvalue weighted by atomic mass is 15.1. The van der Waals surface area contributed by atoms with Crippen LogP contribution in [0, 0.1) is 6.92 Å². The van der Waals surface area contributed by atoms with E-state index < -0.39 is 0 Å². The van der Waals surface area contributed by atoms with Crippen LogP contribution in [0.2, 0.25) is 0 Å². The quantitative estimate of drug-likeness (QED) is 0.334. The summed E-state index contributed by atoms with van der Waals surface area (Å²) in [4.78, 5) is 0. The molecule has 0 fully saturated rings. The summed E-state index contributed by atoms with van der Waals surface area (Å²) in [6.45, 7) is 6.58. The van der Waals surface area contributed by atoms with E-state index in [1.54, 1.807) is 0 Å². The van der Waals surface area contributed by atoms with Crippen molar-refractivity contribution in [3.63, 3.8) is 0 Å². The number of anilines is 1. The second-order valence-electron chi connectivity index (χ2n) is 9.97. The van der Waals surface area contributed by atoms with Crippen molar-refractivity contribution in [2.24, 2.45) is 5.73 Å². The molecule has 34 heavy (non-hydrogen) atoms. The zero-order valence-corrected chi connectivity index (χ0v) is 21.1. The fraction of sp³-hybridized carbons (Fsp3) is 0.467. The smallest absolute Gasteiger partial charge is 0.214 e. The lowest BCUT2D eigenvalue weighted by Crippen LogP contribution is -2.38. The van der Waals surface area contributed by atoms with Crippen LogP contribution in [0.15, 0.2) is 65.9 Å². The molecule has 4 rings (SSSR count). The molecule has 1 aromatic carbocycles. The molecule has 0 saturated carbocycles. The van der Waals surface area contributed by atoms with Gasteiger partial charge in [-0.15, -0.1) is 0 Å². The summed E-state index contributed by atoms with van der Waals surface area (Å²) in [6, 6.07) is 11.0. The molecule has 180 valence electrons. The fourth-order valence-corrected chi connectivity index (χ4v) is 5.60. The molecule has 0 spiro atoms. The Bertz CT molecular complexity index is 1140. The predicted molar refractivity (Wildman–Crippen MR) is 144 cm³/mol. The maximum Gasteiger partial charge on any atom is 0.214 e. The van der Waals surface area contributed by atoms with Gasteiger partial charge in [0.25, 0.3) is 0 Å². The molecule has 1 unspecified atom stereocenters. The molecule has 4 heteroatoms. The average Bonchev–Trinajstić information content (AvgIpc) is 2.83. The first-order valence-electron chi connectivity index (χ1n) is 13.2. The van der Waals surface area contributed by atoms with E-state index in [1.165, 1.54) is 73.9 Å². The highest BCUT2D eigenvalue weighted by Crippen LogP contribution is 2.25. The first-order valence-corrected chi connectivity index (χ1v) is 13.2. The number of aryl methyl sites for hydroxylation is 2. The van der Waals surface area contributed by atoms with Crippen LogP contribution in [-0.4, -0.2) is 22.9 Å². The molecule has 1 aromatic heterocycles.